The van der Waals surface area contributed by atoms with Crippen LogP contribution in [0.4, 0.5) is 13.2 Å². The summed E-state index contributed by atoms with van der Waals surface area (Å²) in [6.07, 6.45) is -4.10. The van der Waals surface area contributed by atoms with Gasteiger partial charge in [0, 0.05) is 38.5 Å². The van der Waals surface area contributed by atoms with Gasteiger partial charge in [-0.25, -0.2) is 13.4 Å². The molecule has 1 aromatic heterocycles. The first kappa shape index (κ1) is 20.0. The minimum Gasteiger partial charge on any atom is -0.356 e. The number of alkyl halides is 3. The number of aromatic nitrogens is 1. The zero-order valence-electron chi connectivity index (χ0n) is 14.2. The van der Waals surface area contributed by atoms with Gasteiger partial charge in [0.15, 0.2) is 21.5 Å². The molecule has 0 aromatic carbocycles. The van der Waals surface area contributed by atoms with Gasteiger partial charge in [-0.2, -0.15) is 13.2 Å². The van der Waals surface area contributed by atoms with Gasteiger partial charge < -0.3 is 10.2 Å². The number of guanidine groups is 1. The van der Waals surface area contributed by atoms with Gasteiger partial charge in [0.05, 0.1) is 15.5 Å². The Bertz CT molecular complexity index is 742. The lowest BCUT2D eigenvalue weighted by atomic mass is 10.2. The maximum Gasteiger partial charge on any atom is 0.434 e. The number of sulfone groups is 1. The molecule has 1 aliphatic heterocycles. The van der Waals surface area contributed by atoms with Gasteiger partial charge in [0.2, 0.25) is 0 Å². The van der Waals surface area contributed by atoms with Crippen LogP contribution in [0.25, 0.3) is 0 Å². The van der Waals surface area contributed by atoms with Crippen molar-refractivity contribution >= 4 is 27.1 Å². The number of hydrogen-bond acceptors (Lipinski definition) is 5. The first-order chi connectivity index (χ1) is 11.5. The van der Waals surface area contributed by atoms with Crippen molar-refractivity contribution in [1.29, 1.82) is 0 Å². The van der Waals surface area contributed by atoms with Crippen molar-refractivity contribution in [2.45, 2.75) is 31.2 Å². The topological polar surface area (TPSA) is 74.7 Å². The van der Waals surface area contributed by atoms with Crippen LogP contribution in [0.2, 0.25) is 0 Å². The van der Waals surface area contributed by atoms with E-state index in [9.17, 15) is 21.6 Å². The lowest BCUT2D eigenvalue weighted by molar-refractivity contribution is -0.140. The number of aliphatic imine (C=N–C) groups is 1. The smallest absolute Gasteiger partial charge is 0.356 e. The van der Waals surface area contributed by atoms with Gasteiger partial charge in [0.1, 0.15) is 0 Å². The molecular formula is C14H21F3N4O2S2. The van der Waals surface area contributed by atoms with Crippen molar-refractivity contribution in [2.75, 3.05) is 32.4 Å². The standard InChI is InChI=1S/C14H21F3N4O2S2/c1-13(2)9-21(6-7-25(13,22)23)12(18-3)19-5-4-11-20-10(8-24-11)14(15,16)17/h8H,4-7,9H2,1-3H3,(H,18,19). The number of halogens is 3. The van der Waals surface area contributed by atoms with Crippen molar-refractivity contribution in [2.24, 2.45) is 4.99 Å². The predicted octanol–water partition coefficient (Wildman–Crippen LogP) is 1.79. The van der Waals surface area contributed by atoms with E-state index in [0.29, 0.717) is 37.0 Å². The largest absolute Gasteiger partial charge is 0.434 e. The van der Waals surface area contributed by atoms with E-state index < -0.39 is 26.5 Å². The summed E-state index contributed by atoms with van der Waals surface area (Å²) in [6, 6.07) is 0. The Morgan fingerprint density at radius 1 is 1.48 bits per heavy atom. The normalized spacial score (nSPS) is 20.6. The fourth-order valence-electron chi connectivity index (χ4n) is 2.49. The average molecular weight is 398 g/mol. The molecule has 1 saturated heterocycles. The number of hydrogen-bond donors (Lipinski definition) is 1. The zero-order chi connectivity index (χ0) is 18.9. The van der Waals surface area contributed by atoms with E-state index >= 15 is 0 Å². The first-order valence-corrected chi connectivity index (χ1v) is 10.2. The van der Waals surface area contributed by atoms with Gasteiger partial charge in [-0.05, 0) is 13.8 Å². The molecular weight excluding hydrogens is 377 g/mol. The molecule has 2 rings (SSSR count). The molecule has 1 aliphatic rings. The van der Waals surface area contributed by atoms with Crippen molar-refractivity contribution in [1.82, 2.24) is 15.2 Å². The maximum absolute atomic E-state index is 12.5. The summed E-state index contributed by atoms with van der Waals surface area (Å²) in [7, 11) is -1.56. The maximum atomic E-state index is 12.5. The number of rotatable bonds is 3. The van der Waals surface area contributed by atoms with E-state index in [2.05, 4.69) is 15.3 Å². The monoisotopic (exact) mass is 398 g/mol. The van der Waals surface area contributed by atoms with Gasteiger partial charge in [0.25, 0.3) is 0 Å². The summed E-state index contributed by atoms with van der Waals surface area (Å²) in [4.78, 5) is 9.57. The minimum absolute atomic E-state index is 0.0438. The highest BCUT2D eigenvalue weighted by molar-refractivity contribution is 7.92. The second kappa shape index (κ2) is 7.10. The molecule has 0 spiro atoms. The van der Waals surface area contributed by atoms with Crippen LogP contribution < -0.4 is 5.32 Å². The van der Waals surface area contributed by atoms with Crippen LogP contribution in [-0.4, -0.2) is 61.4 Å². The fraction of sp³-hybridized carbons (Fsp3) is 0.714. The minimum atomic E-state index is -4.43. The van der Waals surface area contributed by atoms with E-state index in [1.165, 1.54) is 0 Å². The van der Waals surface area contributed by atoms with Crippen molar-refractivity contribution in [3.05, 3.63) is 16.1 Å². The second-order valence-electron chi connectivity index (χ2n) is 6.35. The third kappa shape index (κ3) is 4.63. The van der Waals surface area contributed by atoms with Crippen LogP contribution in [0.3, 0.4) is 0 Å². The van der Waals surface area contributed by atoms with Crippen LogP contribution in [0.1, 0.15) is 24.5 Å². The Kier molecular flexibility index (Phi) is 5.67. The molecule has 142 valence electrons. The Balaban J connectivity index is 1.92. The van der Waals surface area contributed by atoms with Crippen LogP contribution in [0.5, 0.6) is 0 Å². The van der Waals surface area contributed by atoms with E-state index in [0.717, 1.165) is 16.7 Å². The average Bonchev–Trinajstić information content (AvgIpc) is 2.96. The summed E-state index contributed by atoms with van der Waals surface area (Å²) in [5.74, 6) is 0.581. The molecule has 0 saturated carbocycles. The summed E-state index contributed by atoms with van der Waals surface area (Å²) < 4.78 is 60.9. The summed E-state index contributed by atoms with van der Waals surface area (Å²) in [5, 5.41) is 4.46. The van der Waals surface area contributed by atoms with E-state index in [1.54, 1.807) is 20.9 Å². The zero-order valence-corrected chi connectivity index (χ0v) is 15.9. The molecule has 1 N–H and O–H groups in total. The highest BCUT2D eigenvalue weighted by atomic mass is 32.2. The van der Waals surface area contributed by atoms with Crippen LogP contribution in [0, 0.1) is 0 Å². The van der Waals surface area contributed by atoms with Crippen molar-refractivity contribution < 1.29 is 21.6 Å². The fourth-order valence-corrected chi connectivity index (χ4v) is 4.66. The van der Waals surface area contributed by atoms with Crippen molar-refractivity contribution in [3.63, 3.8) is 0 Å². The Morgan fingerprint density at radius 2 is 2.16 bits per heavy atom. The molecule has 0 amide bonds. The number of nitrogens with one attached hydrogen (secondary N) is 1. The predicted molar refractivity (Wildman–Crippen MR) is 91.6 cm³/mol. The summed E-state index contributed by atoms with van der Waals surface area (Å²) in [6.45, 7) is 4.36. The molecule has 25 heavy (non-hydrogen) atoms. The number of nitrogens with zero attached hydrogens (tertiary/aromatic N) is 3. The molecule has 1 aromatic rings. The molecule has 1 fully saturated rings. The van der Waals surface area contributed by atoms with E-state index in [4.69, 9.17) is 0 Å². The third-order valence-corrected chi connectivity index (χ3v) is 7.46. The molecule has 0 radical (unpaired) electrons. The van der Waals surface area contributed by atoms with Crippen LogP contribution >= 0.6 is 11.3 Å². The Morgan fingerprint density at radius 3 is 2.68 bits per heavy atom. The van der Waals surface area contributed by atoms with Gasteiger partial charge in [-0.1, -0.05) is 0 Å². The summed E-state index contributed by atoms with van der Waals surface area (Å²) >= 11 is 0.967. The number of thiazole rings is 1. The lowest BCUT2D eigenvalue weighted by Gasteiger charge is -2.39. The highest BCUT2D eigenvalue weighted by Crippen LogP contribution is 2.30. The van der Waals surface area contributed by atoms with E-state index in [1.807, 2.05) is 4.90 Å². The van der Waals surface area contributed by atoms with Gasteiger partial charge in [-0.3, -0.25) is 4.99 Å². The second-order valence-corrected chi connectivity index (χ2v) is 10.0. The molecule has 0 atom stereocenters. The Hall–Kier alpha value is -1.36. The first-order valence-electron chi connectivity index (χ1n) is 7.66. The molecule has 6 nitrogen and oxygen atoms in total. The SMILES string of the molecule is CN=C(NCCc1nc(C(F)(F)F)cs1)N1CCS(=O)(=O)C(C)(C)C1. The highest BCUT2D eigenvalue weighted by Gasteiger charge is 2.41. The third-order valence-electron chi connectivity index (χ3n) is 4.02. The van der Waals surface area contributed by atoms with Crippen molar-refractivity contribution in [3.8, 4) is 0 Å². The molecule has 11 heteroatoms. The lowest BCUT2D eigenvalue weighted by Crippen LogP contribution is -2.57. The van der Waals surface area contributed by atoms with Gasteiger partial charge in [-0.15, -0.1) is 11.3 Å². The quantitative estimate of drug-likeness (QED) is 0.621. The van der Waals surface area contributed by atoms with Crippen LogP contribution in [0.15, 0.2) is 10.4 Å². The molecule has 0 aliphatic carbocycles. The van der Waals surface area contributed by atoms with Crippen LogP contribution in [-0.2, 0) is 22.4 Å². The molecule has 2 heterocycles. The molecule has 0 unspecified atom stereocenters. The molecule has 0 bridgehead atoms. The Labute approximate surface area is 149 Å². The van der Waals surface area contributed by atoms with Gasteiger partial charge >= 0.3 is 6.18 Å². The van der Waals surface area contributed by atoms with E-state index in [-0.39, 0.29) is 5.75 Å². The summed E-state index contributed by atoms with van der Waals surface area (Å²) in [5.41, 5.74) is -0.875.